The number of aromatic nitrogens is 2. The standard InChI is InChI=1S/C16H14Cl2N4/c1-22(2)15-6-4-11(8-13(15)18)21-16-12-7-10(17)3-5-14(12)19-9-20-16/h3-9H,1-2H3,(H,19,20,21). The van der Waals surface area contributed by atoms with Crippen LogP contribution in [0.3, 0.4) is 0 Å². The van der Waals surface area contributed by atoms with Crippen molar-refractivity contribution in [1.29, 1.82) is 0 Å². The molecule has 22 heavy (non-hydrogen) atoms. The lowest BCUT2D eigenvalue weighted by molar-refractivity contribution is 1.13. The summed E-state index contributed by atoms with van der Waals surface area (Å²) in [4.78, 5) is 10.5. The minimum Gasteiger partial charge on any atom is -0.376 e. The Balaban J connectivity index is 2.00. The molecule has 0 aliphatic carbocycles. The van der Waals surface area contributed by atoms with Gasteiger partial charge in [0.15, 0.2) is 0 Å². The van der Waals surface area contributed by atoms with E-state index in [0.717, 1.165) is 22.3 Å². The molecule has 0 atom stereocenters. The summed E-state index contributed by atoms with van der Waals surface area (Å²) in [6.07, 6.45) is 1.52. The van der Waals surface area contributed by atoms with E-state index in [9.17, 15) is 0 Å². The van der Waals surface area contributed by atoms with E-state index in [1.165, 1.54) is 6.33 Å². The van der Waals surface area contributed by atoms with Crippen molar-refractivity contribution in [3.63, 3.8) is 0 Å². The Morgan fingerprint density at radius 2 is 1.82 bits per heavy atom. The van der Waals surface area contributed by atoms with E-state index in [-0.39, 0.29) is 0 Å². The van der Waals surface area contributed by atoms with Crippen LogP contribution in [-0.4, -0.2) is 24.1 Å². The van der Waals surface area contributed by atoms with Gasteiger partial charge in [0.25, 0.3) is 0 Å². The fourth-order valence-corrected chi connectivity index (χ4v) is 2.73. The minimum absolute atomic E-state index is 0.645. The Morgan fingerprint density at radius 1 is 1.00 bits per heavy atom. The summed E-state index contributed by atoms with van der Waals surface area (Å²) in [5.41, 5.74) is 2.65. The highest BCUT2D eigenvalue weighted by Gasteiger charge is 2.07. The quantitative estimate of drug-likeness (QED) is 0.751. The molecule has 0 aliphatic heterocycles. The molecule has 1 aromatic heterocycles. The molecule has 1 heterocycles. The second-order valence-corrected chi connectivity index (χ2v) is 5.91. The van der Waals surface area contributed by atoms with Crippen molar-refractivity contribution in [3.05, 3.63) is 52.8 Å². The minimum atomic E-state index is 0.645. The summed E-state index contributed by atoms with van der Waals surface area (Å²) in [5, 5.41) is 5.45. The molecule has 1 N–H and O–H groups in total. The molecule has 0 bridgehead atoms. The van der Waals surface area contributed by atoms with E-state index >= 15 is 0 Å². The van der Waals surface area contributed by atoms with Gasteiger partial charge in [-0.15, -0.1) is 0 Å². The zero-order valence-electron chi connectivity index (χ0n) is 12.1. The fourth-order valence-electron chi connectivity index (χ4n) is 2.21. The van der Waals surface area contributed by atoms with E-state index in [1.807, 2.05) is 55.4 Å². The Kier molecular flexibility index (Phi) is 4.05. The summed E-state index contributed by atoms with van der Waals surface area (Å²) in [6, 6.07) is 11.3. The molecule has 3 aromatic rings. The van der Waals surface area contributed by atoms with Gasteiger partial charge in [-0.2, -0.15) is 0 Å². The predicted octanol–water partition coefficient (Wildman–Crippen LogP) is 4.75. The molecule has 0 saturated carbocycles. The molecule has 3 rings (SSSR count). The van der Waals surface area contributed by atoms with Gasteiger partial charge in [-0.3, -0.25) is 0 Å². The molecule has 112 valence electrons. The third kappa shape index (κ3) is 2.93. The van der Waals surface area contributed by atoms with Crippen molar-refractivity contribution in [3.8, 4) is 0 Å². The first-order chi connectivity index (χ1) is 10.5. The van der Waals surface area contributed by atoms with Crippen LogP contribution in [0, 0.1) is 0 Å². The monoisotopic (exact) mass is 332 g/mol. The van der Waals surface area contributed by atoms with Crippen LogP contribution < -0.4 is 10.2 Å². The lowest BCUT2D eigenvalue weighted by atomic mass is 10.2. The first kappa shape index (κ1) is 14.9. The second kappa shape index (κ2) is 5.99. The van der Waals surface area contributed by atoms with Crippen LogP contribution in [0.15, 0.2) is 42.7 Å². The van der Waals surface area contributed by atoms with Crippen molar-refractivity contribution in [2.45, 2.75) is 0 Å². The first-order valence-electron chi connectivity index (χ1n) is 6.69. The molecule has 0 aliphatic rings. The molecule has 0 spiro atoms. The molecular weight excluding hydrogens is 319 g/mol. The number of nitrogens with zero attached hydrogens (tertiary/aromatic N) is 3. The first-order valence-corrected chi connectivity index (χ1v) is 7.44. The lowest BCUT2D eigenvalue weighted by Crippen LogP contribution is -2.09. The van der Waals surface area contributed by atoms with E-state index in [2.05, 4.69) is 15.3 Å². The van der Waals surface area contributed by atoms with Gasteiger partial charge in [0.05, 0.1) is 16.2 Å². The van der Waals surface area contributed by atoms with Gasteiger partial charge in [0, 0.05) is 30.2 Å². The molecule has 0 fully saturated rings. The van der Waals surface area contributed by atoms with Crippen LogP contribution >= 0.6 is 23.2 Å². The molecular formula is C16H14Cl2N4. The summed E-state index contributed by atoms with van der Waals surface area (Å²) in [7, 11) is 3.91. The molecule has 0 saturated heterocycles. The third-order valence-electron chi connectivity index (χ3n) is 3.29. The van der Waals surface area contributed by atoms with E-state index < -0.39 is 0 Å². The maximum absolute atomic E-state index is 6.30. The topological polar surface area (TPSA) is 41.0 Å². The van der Waals surface area contributed by atoms with E-state index in [4.69, 9.17) is 23.2 Å². The zero-order valence-corrected chi connectivity index (χ0v) is 13.7. The van der Waals surface area contributed by atoms with E-state index in [0.29, 0.717) is 15.9 Å². The number of halogens is 2. The number of fused-ring (bicyclic) bond motifs is 1. The zero-order chi connectivity index (χ0) is 15.7. The summed E-state index contributed by atoms with van der Waals surface area (Å²) in [5.74, 6) is 0.696. The van der Waals surface area contributed by atoms with Crippen LogP contribution in [0.2, 0.25) is 10.0 Å². The van der Waals surface area contributed by atoms with Crippen molar-refractivity contribution < 1.29 is 0 Å². The van der Waals surface area contributed by atoms with Gasteiger partial charge in [-0.25, -0.2) is 9.97 Å². The fraction of sp³-hybridized carbons (Fsp3) is 0.125. The maximum atomic E-state index is 6.30. The number of anilines is 3. The smallest absolute Gasteiger partial charge is 0.141 e. The molecule has 0 unspecified atom stereocenters. The molecule has 2 aromatic carbocycles. The van der Waals surface area contributed by atoms with Crippen molar-refractivity contribution >= 4 is 51.3 Å². The normalized spacial score (nSPS) is 10.7. The number of nitrogens with one attached hydrogen (secondary N) is 1. The number of hydrogen-bond donors (Lipinski definition) is 1. The summed E-state index contributed by atoms with van der Waals surface area (Å²) in [6.45, 7) is 0. The van der Waals surface area contributed by atoms with Crippen molar-refractivity contribution in [2.75, 3.05) is 24.3 Å². The highest BCUT2D eigenvalue weighted by atomic mass is 35.5. The third-order valence-corrected chi connectivity index (χ3v) is 3.83. The van der Waals surface area contributed by atoms with Crippen LogP contribution in [0.5, 0.6) is 0 Å². The van der Waals surface area contributed by atoms with Gasteiger partial charge in [0.2, 0.25) is 0 Å². The molecule has 0 radical (unpaired) electrons. The predicted molar refractivity (Wildman–Crippen MR) is 93.6 cm³/mol. The number of hydrogen-bond acceptors (Lipinski definition) is 4. The van der Waals surface area contributed by atoms with Crippen molar-refractivity contribution in [2.24, 2.45) is 0 Å². The Morgan fingerprint density at radius 3 is 2.55 bits per heavy atom. The Hall–Kier alpha value is -2.04. The van der Waals surface area contributed by atoms with Crippen molar-refractivity contribution in [1.82, 2.24) is 9.97 Å². The van der Waals surface area contributed by atoms with Crippen LogP contribution in [-0.2, 0) is 0 Å². The van der Waals surface area contributed by atoms with Crippen LogP contribution in [0.25, 0.3) is 10.9 Å². The average Bonchev–Trinajstić information content (AvgIpc) is 2.47. The molecule has 0 amide bonds. The van der Waals surface area contributed by atoms with Crippen LogP contribution in [0.4, 0.5) is 17.2 Å². The highest BCUT2D eigenvalue weighted by molar-refractivity contribution is 6.33. The summed E-state index contributed by atoms with van der Waals surface area (Å²) < 4.78 is 0. The maximum Gasteiger partial charge on any atom is 0.141 e. The van der Waals surface area contributed by atoms with Gasteiger partial charge in [0.1, 0.15) is 12.1 Å². The molecule has 4 nitrogen and oxygen atoms in total. The van der Waals surface area contributed by atoms with Gasteiger partial charge in [-0.05, 0) is 36.4 Å². The largest absolute Gasteiger partial charge is 0.376 e. The van der Waals surface area contributed by atoms with Crippen LogP contribution in [0.1, 0.15) is 0 Å². The van der Waals surface area contributed by atoms with Gasteiger partial charge >= 0.3 is 0 Å². The second-order valence-electron chi connectivity index (χ2n) is 5.07. The Labute approximate surface area is 138 Å². The highest BCUT2D eigenvalue weighted by Crippen LogP contribution is 2.30. The number of benzene rings is 2. The van der Waals surface area contributed by atoms with Gasteiger partial charge < -0.3 is 10.2 Å². The number of rotatable bonds is 3. The van der Waals surface area contributed by atoms with Gasteiger partial charge in [-0.1, -0.05) is 23.2 Å². The lowest BCUT2D eigenvalue weighted by Gasteiger charge is -2.16. The average molecular weight is 333 g/mol. The summed E-state index contributed by atoms with van der Waals surface area (Å²) >= 11 is 12.4. The Bertz CT molecular complexity index is 833. The molecule has 6 heteroatoms. The van der Waals surface area contributed by atoms with E-state index in [1.54, 1.807) is 0 Å². The SMILES string of the molecule is CN(C)c1ccc(Nc2ncnc3ccc(Cl)cc23)cc1Cl.